The number of amides is 2. The van der Waals surface area contributed by atoms with Gasteiger partial charge in [0.2, 0.25) is 5.91 Å². The fourth-order valence-corrected chi connectivity index (χ4v) is 3.24. The first kappa shape index (κ1) is 19.0. The van der Waals surface area contributed by atoms with E-state index in [4.69, 9.17) is 22.1 Å². The van der Waals surface area contributed by atoms with E-state index in [-0.39, 0.29) is 12.5 Å². The number of rotatable bonds is 5. The summed E-state index contributed by atoms with van der Waals surface area (Å²) in [5.41, 5.74) is 7.89. The lowest BCUT2D eigenvalue weighted by molar-refractivity contribution is -0.133. The number of nitrogens with two attached hydrogens (primary N) is 1. The van der Waals surface area contributed by atoms with Crippen LogP contribution in [0.5, 0.6) is 5.75 Å². The third-order valence-electron chi connectivity index (χ3n) is 4.65. The number of ether oxygens (including phenoxy) is 1. The molecule has 27 heavy (non-hydrogen) atoms. The standard InChI is InChI=1S/C20H22ClN3O3/c1-14-2-5-16(21)12-18(14)23-8-10-24(11-9-23)19(25)13-27-17-6-3-15(4-7-17)20(22)26/h2-7,12H,8-11,13H2,1H3,(H2,22,26). The van der Waals surface area contributed by atoms with Crippen molar-refractivity contribution < 1.29 is 14.3 Å². The molecule has 0 aliphatic carbocycles. The second kappa shape index (κ2) is 8.31. The first-order valence-electron chi connectivity index (χ1n) is 8.75. The van der Waals surface area contributed by atoms with Crippen molar-refractivity contribution >= 4 is 29.1 Å². The molecule has 2 N–H and O–H groups in total. The number of carbonyl (C=O) groups excluding carboxylic acids is 2. The van der Waals surface area contributed by atoms with Gasteiger partial charge in [0.15, 0.2) is 6.61 Å². The molecule has 142 valence electrons. The molecule has 0 saturated carbocycles. The Hall–Kier alpha value is -2.73. The van der Waals surface area contributed by atoms with Gasteiger partial charge >= 0.3 is 0 Å². The third kappa shape index (κ3) is 4.71. The van der Waals surface area contributed by atoms with E-state index < -0.39 is 5.91 Å². The van der Waals surface area contributed by atoms with Crippen molar-refractivity contribution in [1.29, 1.82) is 0 Å². The van der Waals surface area contributed by atoms with E-state index in [1.165, 1.54) is 5.56 Å². The molecule has 0 bridgehead atoms. The Morgan fingerprint density at radius 1 is 1.07 bits per heavy atom. The molecule has 1 fully saturated rings. The normalized spacial score (nSPS) is 14.1. The molecule has 0 aromatic heterocycles. The Labute approximate surface area is 163 Å². The van der Waals surface area contributed by atoms with Crippen LogP contribution in [0, 0.1) is 6.92 Å². The highest BCUT2D eigenvalue weighted by Gasteiger charge is 2.22. The number of aryl methyl sites for hydroxylation is 1. The van der Waals surface area contributed by atoms with Gasteiger partial charge < -0.3 is 20.3 Å². The minimum atomic E-state index is -0.495. The maximum atomic E-state index is 12.4. The highest BCUT2D eigenvalue weighted by atomic mass is 35.5. The van der Waals surface area contributed by atoms with E-state index >= 15 is 0 Å². The Kier molecular flexibility index (Phi) is 5.86. The van der Waals surface area contributed by atoms with Crippen molar-refractivity contribution in [2.75, 3.05) is 37.7 Å². The quantitative estimate of drug-likeness (QED) is 0.855. The number of benzene rings is 2. The topological polar surface area (TPSA) is 75.9 Å². The molecular weight excluding hydrogens is 366 g/mol. The Morgan fingerprint density at radius 2 is 1.74 bits per heavy atom. The summed E-state index contributed by atoms with van der Waals surface area (Å²) in [5, 5.41) is 0.713. The highest BCUT2D eigenvalue weighted by Crippen LogP contribution is 2.25. The summed E-state index contributed by atoms with van der Waals surface area (Å²) in [5.74, 6) is -0.0246. The molecule has 0 radical (unpaired) electrons. The number of anilines is 1. The average Bonchev–Trinajstić information content (AvgIpc) is 2.68. The van der Waals surface area contributed by atoms with E-state index in [1.807, 2.05) is 18.2 Å². The molecule has 1 heterocycles. The maximum absolute atomic E-state index is 12.4. The predicted molar refractivity (Wildman–Crippen MR) is 105 cm³/mol. The van der Waals surface area contributed by atoms with Gasteiger partial charge in [0, 0.05) is 42.5 Å². The van der Waals surface area contributed by atoms with Crippen LogP contribution in [0.25, 0.3) is 0 Å². The van der Waals surface area contributed by atoms with Crippen LogP contribution in [-0.2, 0) is 4.79 Å². The molecule has 0 atom stereocenters. The molecule has 0 unspecified atom stereocenters. The van der Waals surface area contributed by atoms with Gasteiger partial charge in [0.1, 0.15) is 5.75 Å². The third-order valence-corrected chi connectivity index (χ3v) is 4.88. The van der Waals surface area contributed by atoms with Crippen LogP contribution < -0.4 is 15.4 Å². The minimum absolute atomic E-state index is 0.0356. The van der Waals surface area contributed by atoms with Gasteiger partial charge in [0.25, 0.3) is 5.91 Å². The Morgan fingerprint density at radius 3 is 2.37 bits per heavy atom. The SMILES string of the molecule is Cc1ccc(Cl)cc1N1CCN(C(=O)COc2ccc(C(N)=O)cc2)CC1. The van der Waals surface area contributed by atoms with Crippen LogP contribution in [0.3, 0.4) is 0 Å². The molecular formula is C20H22ClN3O3. The number of nitrogens with zero attached hydrogens (tertiary/aromatic N) is 2. The lowest BCUT2D eigenvalue weighted by Gasteiger charge is -2.36. The Bertz CT molecular complexity index is 831. The molecule has 6 nitrogen and oxygen atoms in total. The van der Waals surface area contributed by atoms with Gasteiger partial charge in [0.05, 0.1) is 0 Å². The summed E-state index contributed by atoms with van der Waals surface area (Å²) in [7, 11) is 0. The Balaban J connectivity index is 1.51. The number of primary amides is 1. The molecule has 1 aliphatic heterocycles. The van der Waals surface area contributed by atoms with Gasteiger partial charge in [-0.25, -0.2) is 0 Å². The summed E-state index contributed by atoms with van der Waals surface area (Å²) < 4.78 is 5.53. The highest BCUT2D eigenvalue weighted by molar-refractivity contribution is 6.30. The number of piperazine rings is 1. The van der Waals surface area contributed by atoms with Gasteiger partial charge in [-0.2, -0.15) is 0 Å². The van der Waals surface area contributed by atoms with Gasteiger partial charge in [-0.05, 0) is 48.9 Å². The fourth-order valence-electron chi connectivity index (χ4n) is 3.07. The first-order valence-corrected chi connectivity index (χ1v) is 9.13. The smallest absolute Gasteiger partial charge is 0.260 e. The lowest BCUT2D eigenvalue weighted by atomic mass is 10.1. The van der Waals surface area contributed by atoms with E-state index in [9.17, 15) is 9.59 Å². The molecule has 0 spiro atoms. The molecule has 2 aromatic rings. The van der Waals surface area contributed by atoms with E-state index in [1.54, 1.807) is 29.2 Å². The molecule has 7 heteroatoms. The van der Waals surface area contributed by atoms with Crippen LogP contribution in [0.15, 0.2) is 42.5 Å². The molecule has 2 aromatic carbocycles. The lowest BCUT2D eigenvalue weighted by Crippen LogP contribution is -2.50. The van der Waals surface area contributed by atoms with E-state index in [0.29, 0.717) is 29.4 Å². The minimum Gasteiger partial charge on any atom is -0.484 e. The van der Waals surface area contributed by atoms with Crippen molar-refractivity contribution in [3.05, 3.63) is 58.6 Å². The zero-order chi connectivity index (χ0) is 19.4. The number of hydrogen-bond donors (Lipinski definition) is 1. The zero-order valence-electron chi connectivity index (χ0n) is 15.2. The largest absolute Gasteiger partial charge is 0.484 e. The summed E-state index contributed by atoms with van der Waals surface area (Å²) >= 11 is 6.11. The van der Waals surface area contributed by atoms with Crippen LogP contribution >= 0.6 is 11.6 Å². The maximum Gasteiger partial charge on any atom is 0.260 e. The van der Waals surface area contributed by atoms with Crippen LogP contribution in [0.2, 0.25) is 5.02 Å². The monoisotopic (exact) mass is 387 g/mol. The van der Waals surface area contributed by atoms with Crippen molar-refractivity contribution in [2.24, 2.45) is 5.73 Å². The zero-order valence-corrected chi connectivity index (χ0v) is 15.9. The van der Waals surface area contributed by atoms with Gasteiger partial charge in [-0.3, -0.25) is 9.59 Å². The van der Waals surface area contributed by atoms with Gasteiger partial charge in [-0.1, -0.05) is 17.7 Å². The second-order valence-corrected chi connectivity index (χ2v) is 6.91. The summed E-state index contributed by atoms with van der Waals surface area (Å²) in [6.45, 7) is 4.79. The summed E-state index contributed by atoms with van der Waals surface area (Å²) in [4.78, 5) is 27.5. The van der Waals surface area contributed by atoms with Crippen LogP contribution in [0.1, 0.15) is 15.9 Å². The first-order chi connectivity index (χ1) is 12.9. The molecule has 3 rings (SSSR count). The predicted octanol–water partition coefficient (Wildman–Crippen LogP) is 2.47. The fraction of sp³-hybridized carbons (Fsp3) is 0.300. The summed E-state index contributed by atoms with van der Waals surface area (Å²) in [6.07, 6.45) is 0. The van der Waals surface area contributed by atoms with Crippen molar-refractivity contribution in [3.8, 4) is 5.75 Å². The molecule has 1 saturated heterocycles. The van der Waals surface area contributed by atoms with Crippen molar-refractivity contribution in [1.82, 2.24) is 4.90 Å². The van der Waals surface area contributed by atoms with E-state index in [0.717, 1.165) is 18.8 Å². The molecule has 2 amide bonds. The summed E-state index contributed by atoms with van der Waals surface area (Å²) in [6, 6.07) is 12.3. The van der Waals surface area contributed by atoms with Gasteiger partial charge in [-0.15, -0.1) is 0 Å². The number of hydrogen-bond acceptors (Lipinski definition) is 4. The van der Waals surface area contributed by atoms with Crippen molar-refractivity contribution in [2.45, 2.75) is 6.92 Å². The number of carbonyl (C=O) groups is 2. The van der Waals surface area contributed by atoms with Crippen molar-refractivity contribution in [3.63, 3.8) is 0 Å². The van der Waals surface area contributed by atoms with Crippen LogP contribution in [-0.4, -0.2) is 49.5 Å². The average molecular weight is 388 g/mol. The number of halogens is 1. The van der Waals surface area contributed by atoms with E-state index in [2.05, 4.69) is 11.8 Å². The second-order valence-electron chi connectivity index (χ2n) is 6.48. The molecule has 1 aliphatic rings. The van der Waals surface area contributed by atoms with Crippen LogP contribution in [0.4, 0.5) is 5.69 Å².